The molecular formula is C10H16N4O3S. The fourth-order valence-electron chi connectivity index (χ4n) is 1.76. The molecule has 1 fully saturated rings. The van der Waals surface area contributed by atoms with Crippen molar-refractivity contribution in [2.24, 2.45) is 0 Å². The van der Waals surface area contributed by atoms with Crippen LogP contribution in [0, 0.1) is 6.92 Å². The minimum atomic E-state index is -0.970. The first-order chi connectivity index (χ1) is 8.54. The molecule has 4 atom stereocenters. The minimum absolute atomic E-state index is 0.189. The van der Waals surface area contributed by atoms with E-state index in [1.54, 1.807) is 6.92 Å². The van der Waals surface area contributed by atoms with Gasteiger partial charge in [0.25, 0.3) is 0 Å². The van der Waals surface area contributed by atoms with Crippen LogP contribution in [0.2, 0.25) is 0 Å². The van der Waals surface area contributed by atoms with Crippen molar-refractivity contribution in [2.45, 2.75) is 29.8 Å². The molecule has 1 aliphatic heterocycles. The van der Waals surface area contributed by atoms with Crippen LogP contribution in [0.5, 0.6) is 0 Å². The van der Waals surface area contributed by atoms with Crippen LogP contribution in [0.3, 0.4) is 0 Å². The van der Waals surface area contributed by atoms with Gasteiger partial charge in [-0.05, 0) is 6.92 Å². The second-order valence-electron chi connectivity index (χ2n) is 4.14. The van der Waals surface area contributed by atoms with Crippen LogP contribution < -0.4 is 11.1 Å². The van der Waals surface area contributed by atoms with Crippen molar-refractivity contribution in [2.75, 3.05) is 17.7 Å². The van der Waals surface area contributed by atoms with Crippen LogP contribution in [0.15, 0.2) is 6.33 Å². The zero-order chi connectivity index (χ0) is 13.3. The molecule has 1 aromatic heterocycles. The highest BCUT2D eigenvalue weighted by Crippen LogP contribution is 2.35. The fourth-order valence-corrected chi connectivity index (χ4v) is 3.05. The molecule has 18 heavy (non-hydrogen) atoms. The topological polar surface area (TPSA) is 125 Å². The van der Waals surface area contributed by atoms with Crippen molar-refractivity contribution in [3.63, 3.8) is 0 Å². The maximum atomic E-state index is 9.86. The average molecular weight is 272 g/mol. The standard InChI is InChI=1S/C10H16N4O3S/c1-4-8(11)12-3-13-9(4)14-10-7(17)6(16)5(2-15)18-10/h3,5-7,10,15-17H,2H2,1H3,(H3,11,12,13,14)/t5-,6-,7-,10-/m1/s1. The number of nitrogen functional groups attached to an aromatic ring is 1. The van der Waals surface area contributed by atoms with Crippen LogP contribution in [0.25, 0.3) is 0 Å². The molecule has 1 saturated heterocycles. The SMILES string of the molecule is Cc1c(N)ncnc1N[C@@H]1S[C@H](CO)[C@@H](O)[C@H]1O. The van der Waals surface area contributed by atoms with Gasteiger partial charge in [-0.25, -0.2) is 9.97 Å². The number of aliphatic hydroxyl groups excluding tert-OH is 3. The second kappa shape index (κ2) is 5.27. The first kappa shape index (κ1) is 13.3. The van der Waals surface area contributed by atoms with Crippen molar-refractivity contribution in [3.05, 3.63) is 11.9 Å². The van der Waals surface area contributed by atoms with E-state index in [0.29, 0.717) is 17.2 Å². The van der Waals surface area contributed by atoms with Gasteiger partial charge in [0.1, 0.15) is 29.4 Å². The second-order valence-corrected chi connectivity index (χ2v) is 5.52. The molecule has 1 aliphatic rings. The van der Waals surface area contributed by atoms with Crippen LogP contribution in [0.4, 0.5) is 11.6 Å². The number of aliphatic hydroxyl groups is 3. The molecule has 8 heteroatoms. The van der Waals surface area contributed by atoms with Gasteiger partial charge < -0.3 is 26.4 Å². The summed E-state index contributed by atoms with van der Waals surface area (Å²) in [5.74, 6) is 0.883. The number of nitrogens with zero attached hydrogens (tertiary/aromatic N) is 2. The molecule has 7 nitrogen and oxygen atoms in total. The molecule has 0 aromatic carbocycles. The monoisotopic (exact) mass is 272 g/mol. The highest BCUT2D eigenvalue weighted by molar-refractivity contribution is 8.01. The van der Waals surface area contributed by atoms with Crippen molar-refractivity contribution in [1.82, 2.24) is 9.97 Å². The Morgan fingerprint density at radius 2 is 2.11 bits per heavy atom. The summed E-state index contributed by atoms with van der Waals surface area (Å²) < 4.78 is 0. The zero-order valence-electron chi connectivity index (χ0n) is 9.82. The Kier molecular flexibility index (Phi) is 3.91. The van der Waals surface area contributed by atoms with Gasteiger partial charge in [0, 0.05) is 5.56 Å². The average Bonchev–Trinajstić information content (AvgIpc) is 2.63. The van der Waals surface area contributed by atoms with Gasteiger partial charge >= 0.3 is 0 Å². The van der Waals surface area contributed by atoms with E-state index in [1.165, 1.54) is 18.1 Å². The fraction of sp³-hybridized carbons (Fsp3) is 0.600. The molecule has 2 heterocycles. The molecule has 0 radical (unpaired) electrons. The van der Waals surface area contributed by atoms with Gasteiger partial charge in [-0.1, -0.05) is 0 Å². The third-order valence-corrected chi connectivity index (χ3v) is 4.41. The van der Waals surface area contributed by atoms with Crippen LogP contribution in [-0.2, 0) is 0 Å². The Morgan fingerprint density at radius 1 is 1.39 bits per heavy atom. The lowest BCUT2D eigenvalue weighted by Crippen LogP contribution is -2.36. The van der Waals surface area contributed by atoms with Crippen molar-refractivity contribution >= 4 is 23.4 Å². The highest BCUT2D eigenvalue weighted by atomic mass is 32.2. The van der Waals surface area contributed by atoms with Gasteiger partial charge in [0.15, 0.2) is 0 Å². The number of anilines is 2. The van der Waals surface area contributed by atoms with Crippen molar-refractivity contribution < 1.29 is 15.3 Å². The van der Waals surface area contributed by atoms with E-state index in [0.717, 1.165) is 0 Å². The number of nitrogens with one attached hydrogen (secondary N) is 1. The summed E-state index contributed by atoms with van der Waals surface area (Å²) in [6.45, 7) is 1.58. The Bertz CT molecular complexity index is 434. The van der Waals surface area contributed by atoms with Gasteiger partial charge in [-0.15, -0.1) is 11.8 Å². The van der Waals surface area contributed by atoms with E-state index in [4.69, 9.17) is 10.8 Å². The van der Waals surface area contributed by atoms with Crippen molar-refractivity contribution in [3.8, 4) is 0 Å². The largest absolute Gasteiger partial charge is 0.395 e. The smallest absolute Gasteiger partial charge is 0.135 e. The van der Waals surface area contributed by atoms with E-state index in [9.17, 15) is 10.2 Å². The molecule has 0 amide bonds. The molecule has 0 aliphatic carbocycles. The molecule has 0 saturated carbocycles. The van der Waals surface area contributed by atoms with E-state index >= 15 is 0 Å². The predicted molar refractivity (Wildman–Crippen MR) is 69.1 cm³/mol. The number of thioether (sulfide) groups is 1. The summed E-state index contributed by atoms with van der Waals surface area (Å²) in [6, 6.07) is 0. The van der Waals surface area contributed by atoms with Gasteiger partial charge in [-0.2, -0.15) is 0 Å². The molecule has 2 rings (SSSR count). The van der Waals surface area contributed by atoms with Gasteiger partial charge in [0.05, 0.1) is 18.0 Å². The summed E-state index contributed by atoms with van der Waals surface area (Å²) in [6.07, 6.45) is -0.601. The first-order valence-corrected chi connectivity index (χ1v) is 6.45. The predicted octanol–water partition coefficient (Wildman–Crippen LogP) is -1.07. The van der Waals surface area contributed by atoms with Crippen LogP contribution in [-0.4, -0.2) is 54.7 Å². The Morgan fingerprint density at radius 3 is 2.72 bits per heavy atom. The Balaban J connectivity index is 2.13. The van der Waals surface area contributed by atoms with E-state index in [1.807, 2.05) is 0 Å². The number of aromatic nitrogens is 2. The minimum Gasteiger partial charge on any atom is -0.395 e. The number of rotatable bonds is 3. The lowest BCUT2D eigenvalue weighted by atomic mass is 10.1. The highest BCUT2D eigenvalue weighted by Gasteiger charge is 2.42. The first-order valence-electron chi connectivity index (χ1n) is 5.50. The summed E-state index contributed by atoms with van der Waals surface area (Å²) in [5.41, 5.74) is 6.35. The van der Waals surface area contributed by atoms with E-state index in [-0.39, 0.29) is 6.61 Å². The molecule has 100 valence electrons. The lowest BCUT2D eigenvalue weighted by molar-refractivity contribution is 0.0231. The molecular weight excluding hydrogens is 256 g/mol. The Labute approximate surface area is 108 Å². The number of hydrogen-bond donors (Lipinski definition) is 5. The van der Waals surface area contributed by atoms with Crippen LogP contribution >= 0.6 is 11.8 Å². The summed E-state index contributed by atoms with van der Waals surface area (Å²) >= 11 is 1.27. The number of hydrogen-bond acceptors (Lipinski definition) is 8. The molecule has 0 spiro atoms. The Hall–Kier alpha value is -1.09. The normalized spacial score (nSPS) is 31.6. The number of nitrogens with two attached hydrogens (primary N) is 1. The van der Waals surface area contributed by atoms with Gasteiger partial charge in [-0.3, -0.25) is 0 Å². The molecule has 0 unspecified atom stereocenters. The maximum Gasteiger partial charge on any atom is 0.135 e. The zero-order valence-corrected chi connectivity index (χ0v) is 10.6. The summed E-state index contributed by atoms with van der Waals surface area (Å²) in [7, 11) is 0. The van der Waals surface area contributed by atoms with Gasteiger partial charge in [0.2, 0.25) is 0 Å². The van der Waals surface area contributed by atoms with Crippen molar-refractivity contribution in [1.29, 1.82) is 0 Å². The molecule has 6 N–H and O–H groups in total. The third kappa shape index (κ3) is 2.37. The van der Waals surface area contributed by atoms with Crippen LogP contribution in [0.1, 0.15) is 5.56 Å². The maximum absolute atomic E-state index is 9.86. The van der Waals surface area contributed by atoms with E-state index in [2.05, 4.69) is 15.3 Å². The lowest BCUT2D eigenvalue weighted by Gasteiger charge is -2.18. The summed E-state index contributed by atoms with van der Waals surface area (Å²) in [4.78, 5) is 7.89. The van der Waals surface area contributed by atoms with E-state index < -0.39 is 22.8 Å². The quantitative estimate of drug-likeness (QED) is 0.471. The third-order valence-electron chi connectivity index (χ3n) is 2.94. The molecule has 0 bridgehead atoms. The summed E-state index contributed by atoms with van der Waals surface area (Å²) in [5, 5.41) is 30.8. The molecule has 1 aromatic rings.